The van der Waals surface area contributed by atoms with Crippen LogP contribution in [0.2, 0.25) is 0 Å². The molecular formula is C11H12N2O2S. The fourth-order valence-electron chi connectivity index (χ4n) is 1.43. The van der Waals surface area contributed by atoms with Crippen LogP contribution in [-0.2, 0) is 18.3 Å². The second-order valence-electron chi connectivity index (χ2n) is 3.59. The smallest absolute Gasteiger partial charge is 0.303 e. The Morgan fingerprint density at radius 3 is 3.06 bits per heavy atom. The maximum absolute atomic E-state index is 10.4. The molecule has 0 unspecified atom stereocenters. The Kier molecular flexibility index (Phi) is 3.05. The number of rotatable bonds is 4. The standard InChI is InChI=1S/C11H12N2O2S/c1-13-5-4-8(6-13)9-7-16-10(12-9)2-3-11(14)15/h4-7H,2-3H2,1H3,(H,14,15). The van der Waals surface area contributed by atoms with Gasteiger partial charge in [0, 0.05) is 36.8 Å². The Morgan fingerprint density at radius 2 is 2.44 bits per heavy atom. The van der Waals surface area contributed by atoms with Crippen molar-refractivity contribution in [3.05, 3.63) is 28.8 Å². The molecule has 2 heterocycles. The Bertz CT molecular complexity index is 502. The highest BCUT2D eigenvalue weighted by atomic mass is 32.1. The quantitative estimate of drug-likeness (QED) is 0.885. The van der Waals surface area contributed by atoms with Crippen molar-refractivity contribution in [3.8, 4) is 11.3 Å². The van der Waals surface area contributed by atoms with E-state index in [1.165, 1.54) is 11.3 Å². The first-order chi connectivity index (χ1) is 7.65. The second kappa shape index (κ2) is 4.49. The molecular weight excluding hydrogens is 224 g/mol. The molecule has 2 aromatic rings. The van der Waals surface area contributed by atoms with E-state index >= 15 is 0 Å². The molecule has 0 aliphatic carbocycles. The van der Waals surface area contributed by atoms with Crippen molar-refractivity contribution in [1.29, 1.82) is 0 Å². The summed E-state index contributed by atoms with van der Waals surface area (Å²) in [5.74, 6) is -0.781. The van der Waals surface area contributed by atoms with E-state index in [1.54, 1.807) is 0 Å². The highest BCUT2D eigenvalue weighted by molar-refractivity contribution is 7.09. The molecule has 0 aliphatic rings. The van der Waals surface area contributed by atoms with Crippen LogP contribution in [-0.4, -0.2) is 20.6 Å². The molecule has 0 aliphatic heterocycles. The molecule has 0 aromatic carbocycles. The third-order valence-corrected chi connectivity index (χ3v) is 3.14. The fourth-order valence-corrected chi connectivity index (χ4v) is 2.23. The van der Waals surface area contributed by atoms with Gasteiger partial charge in [0.05, 0.1) is 17.1 Å². The van der Waals surface area contributed by atoms with Gasteiger partial charge in [0.2, 0.25) is 0 Å². The predicted molar refractivity (Wildman–Crippen MR) is 62.5 cm³/mol. The number of thiazole rings is 1. The van der Waals surface area contributed by atoms with Crippen molar-refractivity contribution < 1.29 is 9.90 Å². The summed E-state index contributed by atoms with van der Waals surface area (Å²) in [7, 11) is 1.96. The zero-order chi connectivity index (χ0) is 11.5. The van der Waals surface area contributed by atoms with E-state index in [2.05, 4.69) is 4.98 Å². The molecule has 0 atom stereocenters. The van der Waals surface area contributed by atoms with E-state index in [0.29, 0.717) is 6.42 Å². The van der Waals surface area contributed by atoms with Crippen LogP contribution in [0.25, 0.3) is 11.3 Å². The molecule has 2 rings (SSSR count). The first-order valence-electron chi connectivity index (χ1n) is 4.93. The van der Waals surface area contributed by atoms with Crippen molar-refractivity contribution in [2.24, 2.45) is 7.05 Å². The Morgan fingerprint density at radius 1 is 1.62 bits per heavy atom. The van der Waals surface area contributed by atoms with Gasteiger partial charge in [0.1, 0.15) is 0 Å². The molecule has 2 aromatic heterocycles. The number of hydrogen-bond donors (Lipinski definition) is 1. The lowest BCUT2D eigenvalue weighted by Crippen LogP contribution is -1.96. The van der Waals surface area contributed by atoms with Gasteiger partial charge in [-0.3, -0.25) is 4.79 Å². The molecule has 0 fully saturated rings. The van der Waals surface area contributed by atoms with E-state index in [4.69, 9.17) is 5.11 Å². The number of nitrogens with zero attached hydrogens (tertiary/aromatic N) is 2. The molecule has 16 heavy (non-hydrogen) atoms. The zero-order valence-electron chi connectivity index (χ0n) is 8.88. The molecule has 0 spiro atoms. The van der Waals surface area contributed by atoms with E-state index in [1.807, 2.05) is 35.5 Å². The normalized spacial score (nSPS) is 10.6. The third-order valence-electron chi connectivity index (χ3n) is 2.23. The molecule has 0 amide bonds. The van der Waals surface area contributed by atoms with Crippen LogP contribution in [0.3, 0.4) is 0 Å². The van der Waals surface area contributed by atoms with Gasteiger partial charge in [-0.1, -0.05) is 0 Å². The molecule has 0 saturated heterocycles. The zero-order valence-corrected chi connectivity index (χ0v) is 9.70. The summed E-state index contributed by atoms with van der Waals surface area (Å²) in [5.41, 5.74) is 1.99. The van der Waals surface area contributed by atoms with Gasteiger partial charge < -0.3 is 9.67 Å². The molecule has 1 N–H and O–H groups in total. The van der Waals surface area contributed by atoms with Crippen LogP contribution in [0.4, 0.5) is 0 Å². The van der Waals surface area contributed by atoms with Gasteiger partial charge >= 0.3 is 5.97 Å². The lowest BCUT2D eigenvalue weighted by molar-refractivity contribution is -0.136. The Hall–Kier alpha value is -1.62. The van der Waals surface area contributed by atoms with Gasteiger partial charge in [0.15, 0.2) is 0 Å². The summed E-state index contributed by atoms with van der Waals surface area (Å²) >= 11 is 1.51. The largest absolute Gasteiger partial charge is 0.481 e. The minimum Gasteiger partial charge on any atom is -0.481 e. The van der Waals surface area contributed by atoms with Gasteiger partial charge in [-0.05, 0) is 6.07 Å². The molecule has 0 radical (unpaired) electrons. The number of carbonyl (C=O) groups is 1. The monoisotopic (exact) mass is 236 g/mol. The first-order valence-corrected chi connectivity index (χ1v) is 5.81. The maximum Gasteiger partial charge on any atom is 0.303 e. The lowest BCUT2D eigenvalue weighted by atomic mass is 10.3. The van der Waals surface area contributed by atoms with Crippen molar-refractivity contribution in [2.75, 3.05) is 0 Å². The van der Waals surface area contributed by atoms with Gasteiger partial charge in [-0.25, -0.2) is 4.98 Å². The van der Waals surface area contributed by atoms with Crippen LogP contribution < -0.4 is 0 Å². The number of carboxylic acid groups (broad SMARTS) is 1. The lowest BCUT2D eigenvalue weighted by Gasteiger charge is -1.91. The highest BCUT2D eigenvalue weighted by Gasteiger charge is 2.06. The summed E-state index contributed by atoms with van der Waals surface area (Å²) in [4.78, 5) is 14.8. The average molecular weight is 236 g/mol. The van der Waals surface area contributed by atoms with Crippen molar-refractivity contribution in [2.45, 2.75) is 12.8 Å². The van der Waals surface area contributed by atoms with E-state index in [9.17, 15) is 4.79 Å². The van der Waals surface area contributed by atoms with Gasteiger partial charge in [0.25, 0.3) is 0 Å². The first kappa shape index (κ1) is 10.9. The summed E-state index contributed by atoms with van der Waals surface area (Å²) < 4.78 is 1.96. The summed E-state index contributed by atoms with van der Waals surface area (Å²) in [6, 6.07) is 2.00. The van der Waals surface area contributed by atoms with Crippen LogP contribution in [0.5, 0.6) is 0 Å². The second-order valence-corrected chi connectivity index (χ2v) is 4.53. The minimum absolute atomic E-state index is 0.141. The van der Waals surface area contributed by atoms with E-state index in [-0.39, 0.29) is 6.42 Å². The number of aromatic nitrogens is 2. The SMILES string of the molecule is Cn1ccc(-c2csc(CCC(=O)O)n2)c1. The Labute approximate surface area is 97.2 Å². The fraction of sp³-hybridized carbons (Fsp3) is 0.273. The molecule has 4 nitrogen and oxygen atoms in total. The van der Waals surface area contributed by atoms with Crippen molar-refractivity contribution >= 4 is 17.3 Å². The van der Waals surface area contributed by atoms with Gasteiger partial charge in [-0.2, -0.15) is 0 Å². The highest BCUT2D eigenvalue weighted by Crippen LogP contribution is 2.22. The van der Waals surface area contributed by atoms with Crippen LogP contribution in [0.15, 0.2) is 23.8 Å². The summed E-state index contributed by atoms with van der Waals surface area (Å²) in [5, 5.41) is 11.4. The maximum atomic E-state index is 10.4. The number of carboxylic acids is 1. The summed E-state index contributed by atoms with van der Waals surface area (Å²) in [6.07, 6.45) is 4.61. The van der Waals surface area contributed by atoms with Crippen LogP contribution in [0.1, 0.15) is 11.4 Å². The predicted octanol–water partition coefficient (Wildman–Crippen LogP) is 2.17. The minimum atomic E-state index is -0.781. The van der Waals surface area contributed by atoms with Crippen LogP contribution in [0, 0.1) is 0 Å². The Balaban J connectivity index is 2.10. The third kappa shape index (κ3) is 2.49. The molecule has 0 bridgehead atoms. The molecule has 84 valence electrons. The van der Waals surface area contributed by atoms with Crippen molar-refractivity contribution in [1.82, 2.24) is 9.55 Å². The van der Waals surface area contributed by atoms with E-state index in [0.717, 1.165) is 16.3 Å². The number of aryl methyl sites for hydroxylation is 2. The van der Waals surface area contributed by atoms with Crippen LogP contribution >= 0.6 is 11.3 Å². The van der Waals surface area contributed by atoms with E-state index < -0.39 is 5.97 Å². The summed E-state index contributed by atoms with van der Waals surface area (Å²) in [6.45, 7) is 0. The number of hydrogen-bond acceptors (Lipinski definition) is 3. The number of aliphatic carboxylic acids is 1. The molecule has 0 saturated carbocycles. The topological polar surface area (TPSA) is 55.1 Å². The van der Waals surface area contributed by atoms with Gasteiger partial charge in [-0.15, -0.1) is 11.3 Å². The molecule has 5 heteroatoms. The van der Waals surface area contributed by atoms with Crippen molar-refractivity contribution in [3.63, 3.8) is 0 Å². The average Bonchev–Trinajstić information content (AvgIpc) is 2.83.